The summed E-state index contributed by atoms with van der Waals surface area (Å²) in [5.74, 6) is -0.887. The van der Waals surface area contributed by atoms with E-state index in [1.54, 1.807) is 0 Å². The maximum absolute atomic E-state index is 12.8. The van der Waals surface area contributed by atoms with Crippen molar-refractivity contribution in [2.24, 2.45) is 0 Å². The van der Waals surface area contributed by atoms with E-state index in [-0.39, 0.29) is 31.1 Å². The number of carbonyl (C=O) groups excluding carboxylic acids is 3. The van der Waals surface area contributed by atoms with E-state index >= 15 is 0 Å². The van der Waals surface area contributed by atoms with Crippen molar-refractivity contribution in [1.82, 2.24) is 0 Å². The van der Waals surface area contributed by atoms with Crippen LogP contribution in [0.15, 0.2) is 36.5 Å². The van der Waals surface area contributed by atoms with Gasteiger partial charge in [0.05, 0.1) is 0 Å². The van der Waals surface area contributed by atoms with Crippen LogP contribution in [0.5, 0.6) is 0 Å². The lowest BCUT2D eigenvalue weighted by molar-refractivity contribution is -0.167. The maximum atomic E-state index is 12.8. The van der Waals surface area contributed by atoms with Crippen molar-refractivity contribution in [3.63, 3.8) is 0 Å². The molecule has 0 unspecified atom stereocenters. The van der Waals surface area contributed by atoms with E-state index in [4.69, 9.17) is 14.2 Å². The lowest BCUT2D eigenvalue weighted by Crippen LogP contribution is -2.30. The molecule has 0 aliphatic carbocycles. The minimum absolute atomic E-state index is 0.0765. The summed E-state index contributed by atoms with van der Waals surface area (Å²) >= 11 is 0. The van der Waals surface area contributed by atoms with E-state index < -0.39 is 6.10 Å². The molecule has 0 bridgehead atoms. The summed E-state index contributed by atoms with van der Waals surface area (Å²) in [6.45, 7) is 6.59. The Labute approximate surface area is 372 Å². The Morgan fingerprint density at radius 2 is 0.617 bits per heavy atom. The van der Waals surface area contributed by atoms with E-state index in [9.17, 15) is 14.4 Å². The molecular formula is C54H98O6. The Kier molecular flexibility index (Phi) is 47.3. The fourth-order valence-corrected chi connectivity index (χ4v) is 7.39. The zero-order valence-corrected chi connectivity index (χ0v) is 40.0. The van der Waals surface area contributed by atoms with E-state index in [0.29, 0.717) is 19.3 Å². The van der Waals surface area contributed by atoms with Crippen molar-refractivity contribution >= 4 is 17.9 Å². The van der Waals surface area contributed by atoms with E-state index in [1.165, 1.54) is 148 Å². The molecule has 0 saturated carbocycles. The summed E-state index contributed by atoms with van der Waals surface area (Å²) < 4.78 is 16.8. The van der Waals surface area contributed by atoms with Crippen LogP contribution in [0.2, 0.25) is 0 Å². The molecule has 0 saturated heterocycles. The molecule has 0 N–H and O–H groups in total. The van der Waals surface area contributed by atoms with Gasteiger partial charge >= 0.3 is 17.9 Å². The number of unbranched alkanes of at least 4 members (excludes halogenated alkanes) is 30. The number of carbonyl (C=O) groups is 3. The highest BCUT2D eigenvalue weighted by molar-refractivity contribution is 5.71. The van der Waals surface area contributed by atoms with Crippen LogP contribution in [0, 0.1) is 0 Å². The summed E-state index contributed by atoms with van der Waals surface area (Å²) in [6, 6.07) is 0. The number of hydrogen-bond donors (Lipinski definition) is 0. The van der Waals surface area contributed by atoms with Crippen LogP contribution >= 0.6 is 0 Å². The molecule has 0 amide bonds. The molecule has 6 nitrogen and oxygen atoms in total. The zero-order chi connectivity index (χ0) is 43.7. The maximum Gasteiger partial charge on any atom is 0.306 e. The van der Waals surface area contributed by atoms with Crippen molar-refractivity contribution < 1.29 is 28.6 Å². The summed E-state index contributed by atoms with van der Waals surface area (Å²) in [6.07, 6.45) is 56.9. The molecule has 0 radical (unpaired) electrons. The standard InChI is InChI=1S/C54H98O6/c1-4-7-10-13-16-19-22-24-26-27-28-30-32-35-38-41-44-47-53(56)59-50-51(49-58-52(55)46-43-40-37-34-31-21-18-15-12-9-6-3)60-54(57)48-45-42-39-36-33-29-25-23-20-17-14-11-8-5-2/h14,17,23-26,51H,4-13,15-16,18-22,27-50H2,1-3H3/b17-14-,25-23-,26-24-/t51-/m1/s1. The Balaban J connectivity index is 4.35. The van der Waals surface area contributed by atoms with E-state index in [0.717, 1.165) is 83.5 Å². The van der Waals surface area contributed by atoms with Gasteiger partial charge in [0.1, 0.15) is 13.2 Å². The van der Waals surface area contributed by atoms with Gasteiger partial charge < -0.3 is 14.2 Å². The quantitative estimate of drug-likeness (QED) is 0.0263. The molecule has 0 spiro atoms. The van der Waals surface area contributed by atoms with E-state index in [1.807, 2.05) is 0 Å². The molecule has 0 aromatic rings. The second-order valence-electron chi connectivity index (χ2n) is 17.4. The summed E-state index contributed by atoms with van der Waals surface area (Å²) in [5.41, 5.74) is 0. The average molecular weight is 843 g/mol. The van der Waals surface area contributed by atoms with E-state index in [2.05, 4.69) is 57.2 Å². The second kappa shape index (κ2) is 49.3. The van der Waals surface area contributed by atoms with Gasteiger partial charge in [-0.1, -0.05) is 218 Å². The summed E-state index contributed by atoms with van der Waals surface area (Å²) in [7, 11) is 0. The summed E-state index contributed by atoms with van der Waals surface area (Å²) in [4.78, 5) is 37.9. The number of rotatable bonds is 47. The Hall–Kier alpha value is -2.37. The third-order valence-electron chi connectivity index (χ3n) is 11.4. The number of hydrogen-bond acceptors (Lipinski definition) is 6. The van der Waals surface area contributed by atoms with Crippen LogP contribution in [-0.4, -0.2) is 37.2 Å². The molecule has 0 aliphatic heterocycles. The molecule has 0 aromatic heterocycles. The highest BCUT2D eigenvalue weighted by Crippen LogP contribution is 2.15. The molecule has 1 atom stereocenters. The Morgan fingerprint density at radius 1 is 0.333 bits per heavy atom. The van der Waals surface area contributed by atoms with Gasteiger partial charge in [0.15, 0.2) is 6.10 Å². The normalized spacial score (nSPS) is 12.2. The first kappa shape index (κ1) is 57.6. The predicted octanol–water partition coefficient (Wildman–Crippen LogP) is 16.9. The Morgan fingerprint density at radius 3 is 0.983 bits per heavy atom. The molecule has 0 aromatic carbocycles. The lowest BCUT2D eigenvalue weighted by atomic mass is 10.1. The van der Waals surface area contributed by atoms with Gasteiger partial charge in [-0.2, -0.15) is 0 Å². The molecule has 0 rings (SSSR count). The van der Waals surface area contributed by atoms with Crippen LogP contribution in [0.3, 0.4) is 0 Å². The van der Waals surface area contributed by atoms with Crippen molar-refractivity contribution in [3.8, 4) is 0 Å². The van der Waals surface area contributed by atoms with Crippen LogP contribution in [0.4, 0.5) is 0 Å². The van der Waals surface area contributed by atoms with Gasteiger partial charge in [0, 0.05) is 19.3 Å². The molecule has 0 aliphatic rings. The van der Waals surface area contributed by atoms with Crippen molar-refractivity contribution in [2.75, 3.05) is 13.2 Å². The number of ether oxygens (including phenoxy) is 3. The first-order chi connectivity index (χ1) is 29.5. The molecule has 350 valence electrons. The third-order valence-corrected chi connectivity index (χ3v) is 11.4. The van der Waals surface area contributed by atoms with Gasteiger partial charge in [-0.25, -0.2) is 0 Å². The van der Waals surface area contributed by atoms with Gasteiger partial charge in [-0.3, -0.25) is 14.4 Å². The highest BCUT2D eigenvalue weighted by atomic mass is 16.6. The monoisotopic (exact) mass is 843 g/mol. The van der Waals surface area contributed by atoms with Gasteiger partial charge in [0.25, 0.3) is 0 Å². The minimum Gasteiger partial charge on any atom is -0.462 e. The van der Waals surface area contributed by atoms with Gasteiger partial charge in [0.2, 0.25) is 0 Å². The first-order valence-electron chi connectivity index (χ1n) is 26.0. The molecule has 0 heterocycles. The molecular weight excluding hydrogens is 745 g/mol. The highest BCUT2D eigenvalue weighted by Gasteiger charge is 2.19. The van der Waals surface area contributed by atoms with Gasteiger partial charge in [-0.05, 0) is 70.6 Å². The van der Waals surface area contributed by atoms with Crippen molar-refractivity contribution in [3.05, 3.63) is 36.5 Å². The van der Waals surface area contributed by atoms with Crippen molar-refractivity contribution in [1.29, 1.82) is 0 Å². The summed E-state index contributed by atoms with van der Waals surface area (Å²) in [5, 5.41) is 0. The second-order valence-corrected chi connectivity index (χ2v) is 17.4. The smallest absolute Gasteiger partial charge is 0.306 e. The Bertz CT molecular complexity index is 1020. The number of allylic oxidation sites excluding steroid dienone is 6. The van der Waals surface area contributed by atoms with Crippen molar-refractivity contribution in [2.45, 2.75) is 277 Å². The fourth-order valence-electron chi connectivity index (χ4n) is 7.39. The van der Waals surface area contributed by atoms with Gasteiger partial charge in [-0.15, -0.1) is 0 Å². The minimum atomic E-state index is -0.776. The third kappa shape index (κ3) is 46.7. The first-order valence-corrected chi connectivity index (χ1v) is 26.0. The SMILES string of the molecule is CCCC/C=C\C/C=C\CCCCCCCC(=O)O[C@@H](COC(=O)CCCCCCCCC/C=C\CCCCCCCC)COC(=O)CCCCCCCCCCCCC. The average Bonchev–Trinajstić information content (AvgIpc) is 3.24. The van der Waals surface area contributed by atoms with Crippen LogP contribution in [0.1, 0.15) is 271 Å². The molecule has 0 fully saturated rings. The van der Waals surface area contributed by atoms with Crippen LogP contribution in [0.25, 0.3) is 0 Å². The zero-order valence-electron chi connectivity index (χ0n) is 40.0. The topological polar surface area (TPSA) is 78.9 Å². The number of esters is 3. The lowest BCUT2D eigenvalue weighted by Gasteiger charge is -2.18. The van der Waals surface area contributed by atoms with Crippen LogP contribution < -0.4 is 0 Å². The van der Waals surface area contributed by atoms with Crippen LogP contribution in [-0.2, 0) is 28.6 Å². The molecule has 6 heteroatoms. The largest absolute Gasteiger partial charge is 0.462 e. The fraction of sp³-hybridized carbons (Fsp3) is 0.833. The predicted molar refractivity (Wildman–Crippen MR) is 256 cm³/mol. The molecule has 60 heavy (non-hydrogen) atoms.